The van der Waals surface area contributed by atoms with E-state index in [9.17, 15) is 72.9 Å². The van der Waals surface area contributed by atoms with E-state index >= 15 is 19.2 Å². The van der Waals surface area contributed by atoms with Gasteiger partial charge >= 0.3 is 0 Å². The second kappa shape index (κ2) is 62.6. The molecule has 47 heteroatoms. The van der Waals surface area contributed by atoms with Gasteiger partial charge in [0.1, 0.15) is 78.9 Å². The molecule has 3 aromatic heterocycles. The molecular formula is C91H140N26O21. The number of tetrazole rings is 1. The van der Waals surface area contributed by atoms with Gasteiger partial charge in [-0.05, 0) is 98.2 Å². The number of benzene rings is 2. The lowest BCUT2D eigenvalue weighted by Crippen LogP contribution is -2.61. The number of rotatable bonds is 57. The van der Waals surface area contributed by atoms with Gasteiger partial charge in [-0.25, -0.2) is 10.1 Å². The normalized spacial score (nSPS) is 18.7. The lowest BCUT2D eigenvalue weighted by molar-refractivity contribution is -0.143. The van der Waals surface area contributed by atoms with E-state index in [1.165, 1.54) is 63.9 Å². The Labute approximate surface area is 800 Å². The second-order valence-electron chi connectivity index (χ2n) is 34.4. The van der Waals surface area contributed by atoms with Crippen LogP contribution in [0.4, 0.5) is 0 Å². The number of carbonyl (C=O) groups is 16. The summed E-state index contributed by atoms with van der Waals surface area (Å²) in [7, 11) is 0. The average Bonchev–Trinajstić information content (AvgIpc) is 1.66. The number of hydrogen-bond acceptors (Lipinski definition) is 26. The van der Waals surface area contributed by atoms with Gasteiger partial charge in [-0.1, -0.05) is 139 Å². The van der Waals surface area contributed by atoms with Crippen molar-refractivity contribution < 1.29 is 102 Å². The minimum atomic E-state index is -1.77. The quantitative estimate of drug-likeness (QED) is 0.0104. The highest BCUT2D eigenvalue weighted by Gasteiger charge is 2.44. The Morgan fingerprint density at radius 1 is 0.594 bits per heavy atom. The predicted molar refractivity (Wildman–Crippen MR) is 501 cm³/mol. The van der Waals surface area contributed by atoms with E-state index in [-0.39, 0.29) is 115 Å². The summed E-state index contributed by atoms with van der Waals surface area (Å²) < 4.78 is 10.8. The van der Waals surface area contributed by atoms with Gasteiger partial charge < -0.3 is 131 Å². The molecule has 2 fully saturated rings. The van der Waals surface area contributed by atoms with E-state index in [2.05, 4.69) is 110 Å². The standard InChI is InChI=1S/C91H140N26O21/c1-2-3-28-64(81(127)109-68-35-37-77(123)97-39-23-22-30-63(80(93)126)104-86(132)70(47-58-50-100-62-29-21-20-27-61(58)62)110-82(128)65(31-24-40-99-91(94)95)106-85(131)69(46-57-25-16-15-17-26-57)112-89(135)73-49-60(120)53-117(73)90(68)136)105-84(130)67(38-42-118)108-87(133)71(48-59-51-96-56-102-59)111-83(129)66(34-36-74(92)121)107-88(134)72(54-119)103-78(124)52-101-79(125)55-138-45-44-137-43-41-98-76(122)33-19-14-12-10-8-6-4-5-7-9-11-13-18-32-75-113-115-116-114-75/h15-17,20-21,25-27,29,50-51,56,60,63-73,100,118-120H,2-14,18-19,22-24,28,30-49,52-55H2,1H3,(H2,92,121)(H2,93,126)(H,96,102)(H,97,123)(H,98,122)(H,101,125)(H,103,124)(H,104,132)(H,105,130)(H,106,131)(H,107,134)(H,108,133)(H,109,127)(H,110,128)(H,111,129)(H,112,135)(H4,94,95,99)(H,113,114,115,116)/t60-,63+,64+,65+,66+,67+,68+,69-,70+,71+,72+,73+/m1/s1. The summed E-state index contributed by atoms with van der Waals surface area (Å²) in [4.78, 5) is 236. The summed E-state index contributed by atoms with van der Waals surface area (Å²) in [6, 6.07) is -1.92. The Hall–Kier alpha value is -13.2. The van der Waals surface area contributed by atoms with Gasteiger partial charge in [0.25, 0.3) is 0 Å². The SMILES string of the molecule is CCCC[C@H](NC(=O)[C@H](CCO)NC(=O)[C@H](Cc1c[nH]cn1)NC(=O)[C@H](CCC(N)=O)NC(=O)[C@H](CO)NC(=O)CNC(=O)COCCOCCNC(=O)CCCCCCCCCCCCCCCc1nnn[nH]1)C(=O)N[C@H]1CCC(=O)NCCCC[C@@H](C(N)=O)NC(=O)[C@H](Cc2c[nH]c3ccccc23)NC(=O)[C@H](CCCNC(=N)N)NC(=O)[C@@H](Cc2ccccc2)NC(=O)[C@@H]2C[C@@H](O)CN2C1=O. The summed E-state index contributed by atoms with van der Waals surface area (Å²) in [6.45, 7) is -1.21. The molecule has 27 N–H and O–H groups in total. The van der Waals surface area contributed by atoms with E-state index in [4.69, 9.17) is 32.1 Å². The highest BCUT2D eigenvalue weighted by atomic mass is 16.5. The number of imidazole rings is 1. The summed E-state index contributed by atoms with van der Waals surface area (Å²) in [5.74, 6) is -13.9. The number of fused-ring (bicyclic) bond motifs is 2. The molecule has 2 aromatic carbocycles. The highest BCUT2D eigenvalue weighted by Crippen LogP contribution is 2.24. The number of aryl methyl sites for hydroxylation is 1. The number of H-pyrrole nitrogens is 3. The fourth-order valence-corrected chi connectivity index (χ4v) is 15.8. The molecule has 0 radical (unpaired) electrons. The van der Waals surface area contributed by atoms with Crippen molar-refractivity contribution in [2.45, 2.75) is 285 Å². The third-order valence-electron chi connectivity index (χ3n) is 23.4. The van der Waals surface area contributed by atoms with Crippen molar-refractivity contribution >= 4 is 111 Å². The number of guanidine groups is 1. The van der Waals surface area contributed by atoms with Gasteiger partial charge in [0.2, 0.25) is 94.5 Å². The third kappa shape index (κ3) is 41.8. The summed E-state index contributed by atoms with van der Waals surface area (Å²) in [5.41, 5.74) is 18.9. The van der Waals surface area contributed by atoms with Crippen molar-refractivity contribution in [1.82, 2.24) is 115 Å². The van der Waals surface area contributed by atoms with Gasteiger partial charge in [-0.3, -0.25) is 82.1 Å². The number of primary amides is 2. The number of nitrogens with two attached hydrogens (primary N) is 3. The topological polar surface area (TPSA) is 725 Å². The van der Waals surface area contributed by atoms with Gasteiger partial charge in [0.05, 0.1) is 51.1 Å². The number of aliphatic hydroxyl groups excluding tert-OH is 3. The van der Waals surface area contributed by atoms with Gasteiger partial charge in [0.15, 0.2) is 5.96 Å². The fraction of sp³-hybridized carbons (Fsp3) is 0.615. The number of nitrogens with one attached hydrogen (secondary N) is 18. The molecule has 16 amide bonds. The van der Waals surface area contributed by atoms with Crippen LogP contribution in [0.1, 0.15) is 209 Å². The first-order chi connectivity index (χ1) is 66.5. The fourth-order valence-electron chi connectivity index (χ4n) is 15.8. The number of aromatic nitrogens is 7. The largest absolute Gasteiger partial charge is 0.396 e. The number of ether oxygens (including phenoxy) is 2. The van der Waals surface area contributed by atoms with Crippen molar-refractivity contribution in [1.29, 1.82) is 5.41 Å². The molecule has 47 nitrogen and oxygen atoms in total. The molecule has 138 heavy (non-hydrogen) atoms. The van der Waals surface area contributed by atoms with Crippen LogP contribution >= 0.6 is 0 Å². The van der Waals surface area contributed by atoms with Crippen molar-refractivity contribution in [3.8, 4) is 0 Å². The van der Waals surface area contributed by atoms with Crippen LogP contribution < -0.4 is 91.6 Å². The molecule has 0 bridgehead atoms. The molecule has 7 rings (SSSR count). The molecule has 0 unspecified atom stereocenters. The molecule has 2 aliphatic rings. The monoisotopic (exact) mass is 1930 g/mol. The Morgan fingerprint density at radius 3 is 1.88 bits per heavy atom. The number of nitrogens with zero attached hydrogens (tertiary/aromatic N) is 5. The zero-order valence-electron chi connectivity index (χ0n) is 78.4. The summed E-state index contributed by atoms with van der Waals surface area (Å²) in [6.07, 6.45) is 16.2. The Morgan fingerprint density at radius 2 is 1.22 bits per heavy atom. The van der Waals surface area contributed by atoms with Gasteiger partial charge in [0, 0.05) is 107 Å². The maximum Gasteiger partial charge on any atom is 0.246 e. The molecule has 760 valence electrons. The minimum Gasteiger partial charge on any atom is -0.396 e. The molecule has 2 saturated heterocycles. The predicted octanol–water partition coefficient (Wildman–Crippen LogP) is -3.13. The van der Waals surface area contributed by atoms with Crippen molar-refractivity contribution in [2.24, 2.45) is 17.2 Å². The molecule has 0 saturated carbocycles. The Balaban J connectivity index is 0.958. The van der Waals surface area contributed by atoms with Crippen LogP contribution in [-0.4, -0.2) is 301 Å². The first-order valence-corrected chi connectivity index (χ1v) is 47.7. The van der Waals surface area contributed by atoms with E-state index in [0.717, 1.165) is 49.2 Å². The van der Waals surface area contributed by atoms with Crippen LogP contribution in [0.2, 0.25) is 0 Å². The number of aromatic amines is 3. The van der Waals surface area contributed by atoms with E-state index in [0.29, 0.717) is 34.9 Å². The molecule has 5 heterocycles. The second-order valence-corrected chi connectivity index (χ2v) is 34.4. The van der Waals surface area contributed by atoms with Crippen molar-refractivity contribution in [3.63, 3.8) is 0 Å². The Bertz CT molecular complexity index is 4680. The molecule has 2 aliphatic heterocycles. The van der Waals surface area contributed by atoms with E-state index < -0.39 is 239 Å². The van der Waals surface area contributed by atoms with Crippen LogP contribution in [0.3, 0.4) is 0 Å². The molecule has 12 atom stereocenters. The molecule has 0 spiro atoms. The minimum absolute atomic E-state index is 0.0156. The molecule has 0 aliphatic carbocycles. The number of para-hydroxylation sites is 1. The Kier molecular flexibility index (Phi) is 50.7. The van der Waals surface area contributed by atoms with Crippen molar-refractivity contribution in [2.75, 3.05) is 72.4 Å². The summed E-state index contributed by atoms with van der Waals surface area (Å²) in [5, 5.41) is 90.7. The first kappa shape index (κ1) is 112. The number of amides is 16. The highest BCUT2D eigenvalue weighted by molar-refractivity contribution is 6.01. The lowest BCUT2D eigenvalue weighted by atomic mass is 10.0. The maximum absolute atomic E-state index is 15.4. The zero-order chi connectivity index (χ0) is 99.9. The molecular weight excluding hydrogens is 1790 g/mol. The zero-order valence-corrected chi connectivity index (χ0v) is 78.4. The van der Waals surface area contributed by atoms with Gasteiger partial charge in [-0.2, -0.15) is 0 Å². The summed E-state index contributed by atoms with van der Waals surface area (Å²) >= 11 is 0. The first-order valence-electron chi connectivity index (χ1n) is 47.7. The third-order valence-corrected chi connectivity index (χ3v) is 23.4. The van der Waals surface area contributed by atoms with Crippen LogP contribution in [0.5, 0.6) is 0 Å². The van der Waals surface area contributed by atoms with Crippen LogP contribution in [0.15, 0.2) is 73.3 Å². The van der Waals surface area contributed by atoms with Crippen LogP contribution in [0.25, 0.3) is 10.9 Å². The average molecular weight is 1930 g/mol. The maximum atomic E-state index is 15.4. The van der Waals surface area contributed by atoms with Crippen molar-refractivity contribution in [3.05, 3.63) is 96.0 Å². The van der Waals surface area contributed by atoms with E-state index in [1.54, 1.807) is 61.7 Å². The lowest BCUT2D eigenvalue weighted by Gasteiger charge is -2.31. The van der Waals surface area contributed by atoms with Crippen LogP contribution in [-0.2, 0) is 112 Å². The number of carbonyl (C=O) groups excluding carboxylic acids is 16. The molecule has 5 aromatic rings. The van der Waals surface area contributed by atoms with E-state index in [1.807, 2.05) is 6.07 Å². The van der Waals surface area contributed by atoms with Gasteiger partial charge in [-0.15, -0.1) is 5.10 Å². The van der Waals surface area contributed by atoms with Crippen LogP contribution in [0, 0.1) is 5.41 Å². The number of aliphatic hydroxyl groups is 3. The number of hydrogen-bond donors (Lipinski definition) is 24. The smallest absolute Gasteiger partial charge is 0.246 e. The number of unbranched alkanes of at least 4 members (excludes halogenated alkanes) is 13.